The smallest absolute Gasteiger partial charge is 0.224 e. The normalized spacial score (nSPS) is 11.9. The van der Waals surface area contributed by atoms with Crippen molar-refractivity contribution in [1.29, 1.82) is 0 Å². The van der Waals surface area contributed by atoms with Gasteiger partial charge in [0.1, 0.15) is 11.5 Å². The topological polar surface area (TPSA) is 171 Å². The van der Waals surface area contributed by atoms with Gasteiger partial charge in [-0.25, -0.2) is 22.5 Å². The molecular formula is C30H28FN9O3S. The van der Waals surface area contributed by atoms with Crippen LogP contribution in [0.2, 0.25) is 0 Å². The Labute approximate surface area is 251 Å². The Kier molecular flexibility index (Phi) is 7.61. The fourth-order valence-corrected chi connectivity index (χ4v) is 5.29. The van der Waals surface area contributed by atoms with Crippen LogP contribution >= 0.6 is 0 Å². The first-order valence-electron chi connectivity index (χ1n) is 13.7. The van der Waals surface area contributed by atoms with Crippen LogP contribution < -0.4 is 10.0 Å². The first-order valence-corrected chi connectivity index (χ1v) is 15.6. The van der Waals surface area contributed by atoms with Crippen molar-refractivity contribution in [3.63, 3.8) is 0 Å². The van der Waals surface area contributed by atoms with Crippen molar-refractivity contribution in [3.05, 3.63) is 72.7 Å². The van der Waals surface area contributed by atoms with Crippen LogP contribution in [0.1, 0.15) is 25.8 Å². The lowest BCUT2D eigenvalue weighted by atomic mass is 10.0. The minimum absolute atomic E-state index is 0.0583. The summed E-state index contributed by atoms with van der Waals surface area (Å²) in [7, 11) is -3.46. The highest BCUT2D eigenvalue weighted by Gasteiger charge is 2.18. The summed E-state index contributed by atoms with van der Waals surface area (Å²) in [6.45, 7) is 3.90. The van der Waals surface area contributed by atoms with Crippen molar-refractivity contribution in [1.82, 2.24) is 39.8 Å². The van der Waals surface area contributed by atoms with Gasteiger partial charge in [0.15, 0.2) is 5.82 Å². The van der Waals surface area contributed by atoms with Gasteiger partial charge in [-0.15, -0.1) is 0 Å². The standard InChI is InChI=1S/C30H28FN9O3S/c1-16(2)4-27(41)36-21-8-19(11-32-12-21)24-9-22-25(15-34-24)39-40-29(22)30-37-26-14-33-13-23(28(26)38-30)18-5-17(6-20(31)7-18)10-35-44(3,42)43/h5-9,11-16,35H,4,10H2,1-3H3,(H,36,41)(H,37,38)(H,39,40). The molecule has 0 atom stereocenters. The third kappa shape index (κ3) is 6.31. The summed E-state index contributed by atoms with van der Waals surface area (Å²) >= 11 is 0. The van der Waals surface area contributed by atoms with Gasteiger partial charge in [-0.3, -0.25) is 24.8 Å². The lowest BCUT2D eigenvalue weighted by Crippen LogP contribution is -2.21. The zero-order valence-electron chi connectivity index (χ0n) is 24.0. The molecule has 1 amide bonds. The van der Waals surface area contributed by atoms with E-state index in [1.165, 1.54) is 12.1 Å². The molecule has 224 valence electrons. The van der Waals surface area contributed by atoms with Gasteiger partial charge in [0.05, 0.1) is 52.8 Å². The Bertz CT molecular complexity index is 2140. The van der Waals surface area contributed by atoms with Gasteiger partial charge in [-0.2, -0.15) is 5.10 Å². The van der Waals surface area contributed by atoms with E-state index in [0.29, 0.717) is 68.1 Å². The van der Waals surface area contributed by atoms with Gasteiger partial charge in [0.2, 0.25) is 15.9 Å². The van der Waals surface area contributed by atoms with E-state index in [0.717, 1.165) is 11.6 Å². The van der Waals surface area contributed by atoms with Crippen molar-refractivity contribution < 1.29 is 17.6 Å². The van der Waals surface area contributed by atoms with Gasteiger partial charge in [0, 0.05) is 41.9 Å². The SMILES string of the molecule is CC(C)CC(=O)Nc1cncc(-c2cc3c(-c4nc5c(-c6cc(F)cc(CNS(C)(=O)=O)c6)cncc5[nH]4)n[nH]c3cn2)c1. The van der Waals surface area contributed by atoms with E-state index in [1.54, 1.807) is 37.1 Å². The Morgan fingerprint density at radius 1 is 0.977 bits per heavy atom. The van der Waals surface area contributed by atoms with E-state index in [2.05, 4.69) is 40.2 Å². The second kappa shape index (κ2) is 11.5. The molecule has 0 aliphatic rings. The third-order valence-electron chi connectivity index (χ3n) is 6.78. The molecule has 4 N–H and O–H groups in total. The largest absolute Gasteiger partial charge is 0.335 e. The number of sulfonamides is 1. The molecule has 1 aromatic carbocycles. The summed E-state index contributed by atoms with van der Waals surface area (Å²) in [6.07, 6.45) is 9.58. The number of H-pyrrole nitrogens is 2. The Morgan fingerprint density at radius 3 is 2.59 bits per heavy atom. The van der Waals surface area contributed by atoms with Gasteiger partial charge < -0.3 is 10.3 Å². The highest BCUT2D eigenvalue weighted by molar-refractivity contribution is 7.88. The summed E-state index contributed by atoms with van der Waals surface area (Å²) in [5.41, 5.74) is 5.81. The maximum absolute atomic E-state index is 14.6. The van der Waals surface area contributed by atoms with Crippen molar-refractivity contribution >= 4 is 43.6 Å². The van der Waals surface area contributed by atoms with Crippen LogP contribution in [-0.2, 0) is 21.4 Å². The van der Waals surface area contributed by atoms with E-state index in [9.17, 15) is 17.6 Å². The maximum Gasteiger partial charge on any atom is 0.224 e. The summed E-state index contributed by atoms with van der Waals surface area (Å²) in [5, 5.41) is 11.1. The van der Waals surface area contributed by atoms with Gasteiger partial charge in [-0.1, -0.05) is 13.8 Å². The molecule has 0 fully saturated rings. The zero-order valence-corrected chi connectivity index (χ0v) is 24.8. The number of benzene rings is 1. The molecular weight excluding hydrogens is 585 g/mol. The predicted octanol–water partition coefficient (Wildman–Crippen LogP) is 4.80. The number of pyridine rings is 3. The molecule has 0 radical (unpaired) electrons. The number of aromatic amines is 2. The minimum Gasteiger partial charge on any atom is -0.335 e. The molecule has 0 aliphatic carbocycles. The third-order valence-corrected chi connectivity index (χ3v) is 7.45. The van der Waals surface area contributed by atoms with E-state index in [-0.39, 0.29) is 18.4 Å². The van der Waals surface area contributed by atoms with E-state index in [1.807, 2.05) is 26.0 Å². The molecule has 6 rings (SSSR count). The second-order valence-electron chi connectivity index (χ2n) is 10.9. The Balaban J connectivity index is 1.36. The molecule has 14 heteroatoms. The van der Waals surface area contributed by atoms with Crippen molar-refractivity contribution in [2.45, 2.75) is 26.8 Å². The van der Waals surface area contributed by atoms with E-state index in [4.69, 9.17) is 4.98 Å². The first kappa shape index (κ1) is 29.0. The number of fused-ring (bicyclic) bond motifs is 2. The molecule has 0 saturated heterocycles. The van der Waals surface area contributed by atoms with Crippen molar-refractivity contribution in [2.75, 3.05) is 11.6 Å². The fraction of sp³-hybridized carbons (Fsp3) is 0.200. The minimum atomic E-state index is -3.46. The number of imidazole rings is 1. The number of rotatable bonds is 9. The number of amides is 1. The van der Waals surface area contributed by atoms with Gasteiger partial charge >= 0.3 is 0 Å². The number of halogens is 1. The highest BCUT2D eigenvalue weighted by Crippen LogP contribution is 2.33. The molecule has 0 bridgehead atoms. The molecule has 5 aromatic heterocycles. The molecule has 0 spiro atoms. The molecule has 5 heterocycles. The molecule has 0 unspecified atom stereocenters. The van der Waals surface area contributed by atoms with Crippen LogP contribution in [0.15, 0.2) is 61.3 Å². The quantitative estimate of drug-likeness (QED) is 0.180. The summed E-state index contributed by atoms with van der Waals surface area (Å²) < 4.78 is 40.1. The predicted molar refractivity (Wildman–Crippen MR) is 165 cm³/mol. The van der Waals surface area contributed by atoms with Gasteiger partial charge in [0.25, 0.3) is 0 Å². The summed E-state index contributed by atoms with van der Waals surface area (Å²) in [4.78, 5) is 33.5. The van der Waals surface area contributed by atoms with Crippen LogP contribution in [0.3, 0.4) is 0 Å². The van der Waals surface area contributed by atoms with Crippen LogP contribution in [0.4, 0.5) is 10.1 Å². The number of hydrogen-bond acceptors (Lipinski definition) is 8. The number of nitrogens with zero attached hydrogens (tertiary/aromatic N) is 5. The van der Waals surface area contributed by atoms with Gasteiger partial charge in [-0.05, 0) is 47.4 Å². The van der Waals surface area contributed by atoms with Crippen molar-refractivity contribution in [2.24, 2.45) is 5.92 Å². The van der Waals surface area contributed by atoms with Crippen LogP contribution in [0.5, 0.6) is 0 Å². The molecule has 6 aromatic rings. The number of aromatic nitrogens is 7. The zero-order chi connectivity index (χ0) is 31.0. The van der Waals surface area contributed by atoms with Crippen LogP contribution in [-0.4, -0.2) is 55.7 Å². The van der Waals surface area contributed by atoms with Crippen molar-refractivity contribution in [3.8, 4) is 33.9 Å². The maximum atomic E-state index is 14.6. The highest BCUT2D eigenvalue weighted by atomic mass is 32.2. The number of carbonyl (C=O) groups excluding carboxylic acids is 1. The number of anilines is 1. The second-order valence-corrected chi connectivity index (χ2v) is 12.7. The summed E-state index contributed by atoms with van der Waals surface area (Å²) in [5.74, 6) is 0.0893. The molecule has 0 saturated carbocycles. The van der Waals surface area contributed by atoms with Crippen LogP contribution in [0.25, 0.3) is 55.8 Å². The first-order chi connectivity index (χ1) is 21.0. The average Bonchev–Trinajstić information content (AvgIpc) is 3.59. The fourth-order valence-electron chi connectivity index (χ4n) is 4.87. The molecule has 44 heavy (non-hydrogen) atoms. The van der Waals surface area contributed by atoms with Crippen LogP contribution in [0, 0.1) is 11.7 Å². The summed E-state index contributed by atoms with van der Waals surface area (Å²) in [6, 6.07) is 8.00. The monoisotopic (exact) mass is 613 g/mol. The molecule has 0 aliphatic heterocycles. The van der Waals surface area contributed by atoms with E-state index >= 15 is 0 Å². The lowest BCUT2D eigenvalue weighted by molar-refractivity contribution is -0.116. The number of nitrogens with one attached hydrogen (secondary N) is 4. The number of hydrogen-bond donors (Lipinski definition) is 4. The Morgan fingerprint density at radius 2 is 1.80 bits per heavy atom. The Hall–Kier alpha value is -5.08. The van der Waals surface area contributed by atoms with E-state index < -0.39 is 15.8 Å². The average molecular weight is 614 g/mol. The number of carbonyl (C=O) groups is 1. The lowest BCUT2D eigenvalue weighted by Gasteiger charge is -2.08. The molecule has 12 nitrogen and oxygen atoms in total.